The molecule has 0 aliphatic rings. The number of ether oxygens (including phenoxy) is 1. The first-order valence-corrected chi connectivity index (χ1v) is 7.37. The van der Waals surface area contributed by atoms with Crippen LogP contribution in [0, 0.1) is 0 Å². The first kappa shape index (κ1) is 16.8. The molecule has 25 heavy (non-hydrogen) atoms. The van der Waals surface area contributed by atoms with Gasteiger partial charge >= 0.3 is 6.18 Å². The highest BCUT2D eigenvalue weighted by Gasteiger charge is 2.28. The summed E-state index contributed by atoms with van der Waals surface area (Å²) in [5.74, 6) is -0.360. The second kappa shape index (κ2) is 6.80. The number of hydrogen-bond acceptors (Lipinski definition) is 3. The van der Waals surface area contributed by atoms with Crippen molar-refractivity contribution in [2.24, 2.45) is 0 Å². The largest absolute Gasteiger partial charge is 0.484 e. The van der Waals surface area contributed by atoms with E-state index in [4.69, 9.17) is 0 Å². The lowest BCUT2D eigenvalue weighted by molar-refractivity contribution is -0.153. The maximum atomic E-state index is 12.5. The average Bonchev–Trinajstić information content (AvgIpc) is 2.59. The van der Waals surface area contributed by atoms with Crippen LogP contribution in [0.25, 0.3) is 10.9 Å². The van der Waals surface area contributed by atoms with Gasteiger partial charge in [-0.15, -0.1) is 0 Å². The average molecular weight is 346 g/mol. The van der Waals surface area contributed by atoms with Crippen molar-refractivity contribution in [2.45, 2.75) is 6.18 Å². The molecule has 1 amide bonds. The Morgan fingerprint density at radius 2 is 1.88 bits per heavy atom. The minimum atomic E-state index is -4.42. The molecule has 0 atom stereocenters. The van der Waals surface area contributed by atoms with Crippen molar-refractivity contribution in [1.82, 2.24) is 4.98 Å². The number of nitrogens with one attached hydrogen (secondary N) is 1. The standard InChI is InChI=1S/C18H13F3N2O2/c19-18(20,21)11-25-13-5-3-4-12(10-13)23-17(24)15-8-9-22-16-7-2-1-6-14(15)16/h1-10H,11H2,(H,23,24). The summed E-state index contributed by atoms with van der Waals surface area (Å²) in [7, 11) is 0. The summed E-state index contributed by atoms with van der Waals surface area (Å²) >= 11 is 0. The lowest BCUT2D eigenvalue weighted by atomic mass is 10.1. The van der Waals surface area contributed by atoms with Crippen LogP contribution in [0.5, 0.6) is 5.75 Å². The van der Waals surface area contributed by atoms with Gasteiger partial charge in [-0.1, -0.05) is 24.3 Å². The molecule has 1 N–H and O–H groups in total. The van der Waals surface area contributed by atoms with E-state index in [2.05, 4.69) is 15.0 Å². The normalized spacial score (nSPS) is 11.3. The molecule has 0 aliphatic heterocycles. The number of rotatable bonds is 4. The fraction of sp³-hybridized carbons (Fsp3) is 0.111. The maximum absolute atomic E-state index is 12.5. The lowest BCUT2D eigenvalue weighted by Crippen LogP contribution is -2.19. The quantitative estimate of drug-likeness (QED) is 0.760. The summed E-state index contributed by atoms with van der Waals surface area (Å²) in [5, 5.41) is 3.35. The van der Waals surface area contributed by atoms with Gasteiger partial charge in [0.2, 0.25) is 0 Å². The molecule has 0 spiro atoms. The Labute approximate surface area is 141 Å². The first-order valence-electron chi connectivity index (χ1n) is 7.37. The molecule has 0 fully saturated rings. The van der Waals surface area contributed by atoms with Crippen molar-refractivity contribution in [3.63, 3.8) is 0 Å². The Bertz CT molecular complexity index is 905. The summed E-state index contributed by atoms with van der Waals surface area (Å²) in [6.45, 7) is -1.39. The Balaban J connectivity index is 1.79. The fourth-order valence-corrected chi connectivity index (χ4v) is 2.32. The predicted octanol–water partition coefficient (Wildman–Crippen LogP) is 4.43. The molecule has 3 rings (SSSR count). The Morgan fingerprint density at radius 1 is 1.08 bits per heavy atom. The molecular formula is C18H13F3N2O2. The molecule has 1 heterocycles. The van der Waals surface area contributed by atoms with Crippen molar-refractivity contribution in [1.29, 1.82) is 0 Å². The molecule has 0 bridgehead atoms. The van der Waals surface area contributed by atoms with Gasteiger partial charge in [-0.3, -0.25) is 9.78 Å². The zero-order valence-corrected chi connectivity index (χ0v) is 12.9. The highest BCUT2D eigenvalue weighted by atomic mass is 19.4. The Morgan fingerprint density at radius 3 is 2.68 bits per heavy atom. The molecule has 0 saturated heterocycles. The number of hydrogen-bond donors (Lipinski definition) is 1. The second-order valence-corrected chi connectivity index (χ2v) is 5.26. The number of halogens is 3. The minimum Gasteiger partial charge on any atom is -0.484 e. The molecule has 0 radical (unpaired) electrons. The molecule has 3 aromatic rings. The second-order valence-electron chi connectivity index (χ2n) is 5.26. The minimum absolute atomic E-state index is 0.0229. The van der Waals surface area contributed by atoms with Crippen LogP contribution in [-0.2, 0) is 0 Å². The van der Waals surface area contributed by atoms with Crippen molar-refractivity contribution < 1.29 is 22.7 Å². The molecular weight excluding hydrogens is 333 g/mol. The monoisotopic (exact) mass is 346 g/mol. The number of benzene rings is 2. The lowest BCUT2D eigenvalue weighted by Gasteiger charge is -2.11. The number of anilines is 1. The molecule has 0 aliphatic carbocycles. The molecule has 0 saturated carbocycles. The number of nitrogens with zero attached hydrogens (tertiary/aromatic N) is 1. The van der Waals surface area contributed by atoms with E-state index in [1.807, 2.05) is 6.07 Å². The van der Waals surface area contributed by atoms with Gasteiger partial charge in [-0.2, -0.15) is 13.2 Å². The molecule has 7 heteroatoms. The van der Waals surface area contributed by atoms with Crippen molar-refractivity contribution in [3.05, 3.63) is 66.4 Å². The van der Waals surface area contributed by atoms with E-state index in [1.54, 1.807) is 30.3 Å². The number of aromatic nitrogens is 1. The van der Waals surface area contributed by atoms with Gasteiger partial charge < -0.3 is 10.1 Å². The highest BCUT2D eigenvalue weighted by Crippen LogP contribution is 2.23. The third-order valence-electron chi connectivity index (χ3n) is 3.39. The van der Waals surface area contributed by atoms with Gasteiger partial charge in [0.25, 0.3) is 5.91 Å². The van der Waals surface area contributed by atoms with E-state index in [0.717, 1.165) is 0 Å². The Kier molecular flexibility index (Phi) is 4.56. The van der Waals surface area contributed by atoms with Gasteiger partial charge in [0.05, 0.1) is 11.1 Å². The van der Waals surface area contributed by atoms with E-state index in [1.165, 1.54) is 24.4 Å². The van der Waals surface area contributed by atoms with Crippen molar-refractivity contribution >= 4 is 22.5 Å². The summed E-state index contributed by atoms with van der Waals surface area (Å²) in [5.41, 5.74) is 1.44. The zero-order valence-electron chi connectivity index (χ0n) is 12.9. The number of para-hydroxylation sites is 1. The molecule has 1 aromatic heterocycles. The van der Waals surface area contributed by atoms with Crippen LogP contribution in [0.1, 0.15) is 10.4 Å². The van der Waals surface area contributed by atoms with Crippen LogP contribution in [0.4, 0.5) is 18.9 Å². The molecule has 4 nitrogen and oxygen atoms in total. The summed E-state index contributed by atoms with van der Waals surface area (Å²) in [6, 6.07) is 14.6. The smallest absolute Gasteiger partial charge is 0.422 e. The maximum Gasteiger partial charge on any atom is 0.422 e. The van der Waals surface area contributed by atoms with E-state index < -0.39 is 12.8 Å². The van der Waals surface area contributed by atoms with Crippen LogP contribution in [0.15, 0.2) is 60.8 Å². The van der Waals surface area contributed by atoms with E-state index >= 15 is 0 Å². The first-order chi connectivity index (χ1) is 11.9. The van der Waals surface area contributed by atoms with Crippen LogP contribution >= 0.6 is 0 Å². The molecule has 2 aromatic carbocycles. The number of fused-ring (bicyclic) bond motifs is 1. The van der Waals surface area contributed by atoms with Crippen molar-refractivity contribution in [2.75, 3.05) is 11.9 Å². The third-order valence-corrected chi connectivity index (χ3v) is 3.39. The van der Waals surface area contributed by atoms with Crippen LogP contribution in [-0.4, -0.2) is 23.7 Å². The van der Waals surface area contributed by atoms with Gasteiger partial charge in [-0.05, 0) is 24.3 Å². The highest BCUT2D eigenvalue weighted by molar-refractivity contribution is 6.12. The van der Waals surface area contributed by atoms with Gasteiger partial charge in [0, 0.05) is 23.3 Å². The van der Waals surface area contributed by atoms with Gasteiger partial charge in [0.1, 0.15) is 5.75 Å². The van der Waals surface area contributed by atoms with Gasteiger partial charge in [0.15, 0.2) is 6.61 Å². The summed E-state index contributed by atoms with van der Waals surface area (Å²) in [4.78, 5) is 16.7. The number of carbonyl (C=O) groups excluding carboxylic acids is 1. The van der Waals surface area contributed by atoms with Gasteiger partial charge in [-0.25, -0.2) is 0 Å². The van der Waals surface area contributed by atoms with Crippen LogP contribution in [0.3, 0.4) is 0 Å². The number of amides is 1. The number of pyridine rings is 1. The zero-order chi connectivity index (χ0) is 17.9. The SMILES string of the molecule is O=C(Nc1cccc(OCC(F)(F)F)c1)c1ccnc2ccccc12. The van der Waals surface area contributed by atoms with E-state index in [9.17, 15) is 18.0 Å². The van der Waals surface area contributed by atoms with Crippen LogP contribution in [0.2, 0.25) is 0 Å². The molecule has 0 unspecified atom stereocenters. The van der Waals surface area contributed by atoms with E-state index in [-0.39, 0.29) is 11.7 Å². The van der Waals surface area contributed by atoms with Crippen LogP contribution < -0.4 is 10.1 Å². The van der Waals surface area contributed by atoms with Crippen molar-refractivity contribution in [3.8, 4) is 5.75 Å². The fourth-order valence-electron chi connectivity index (χ4n) is 2.32. The summed E-state index contributed by atoms with van der Waals surface area (Å²) in [6.07, 6.45) is -2.89. The summed E-state index contributed by atoms with van der Waals surface area (Å²) < 4.78 is 41.3. The third kappa shape index (κ3) is 4.26. The predicted molar refractivity (Wildman–Crippen MR) is 87.7 cm³/mol. The topological polar surface area (TPSA) is 51.2 Å². The number of alkyl halides is 3. The Hall–Kier alpha value is -3.09. The van der Waals surface area contributed by atoms with E-state index in [0.29, 0.717) is 22.2 Å². The number of carbonyl (C=O) groups is 1. The molecule has 128 valence electrons.